The summed E-state index contributed by atoms with van der Waals surface area (Å²) in [6.45, 7) is 0. The van der Waals surface area contributed by atoms with E-state index < -0.39 is 153 Å². The first-order chi connectivity index (χ1) is 35.4. The van der Waals surface area contributed by atoms with Crippen LogP contribution in [0.3, 0.4) is 0 Å². The molecule has 466 valence electrons. The summed E-state index contributed by atoms with van der Waals surface area (Å²) in [5.74, 6) is -166. The van der Waals surface area contributed by atoms with Crippen molar-refractivity contribution in [3.63, 3.8) is 0 Å². The normalized spacial score (nSPS) is 15.9. The summed E-state index contributed by atoms with van der Waals surface area (Å²) in [5, 5.41) is -2.22. The van der Waals surface area contributed by atoms with Gasteiger partial charge in [-0.3, -0.25) is 0 Å². The second-order valence-corrected chi connectivity index (χ2v) is 18.1. The molecule has 0 saturated carbocycles. The van der Waals surface area contributed by atoms with Crippen LogP contribution < -0.4 is 0 Å². The molecule has 82 heavy (non-hydrogen) atoms. The molecular formula is C38H6BrF42I. The molecule has 44 heteroatoms. The van der Waals surface area contributed by atoms with Gasteiger partial charge in [-0.2, -0.15) is 184 Å². The molecule has 0 fully saturated rings. The van der Waals surface area contributed by atoms with Gasteiger partial charge in [-0.05, 0) is 108 Å². The van der Waals surface area contributed by atoms with Gasteiger partial charge in [0.05, 0.1) is 0 Å². The fourth-order valence-corrected chi connectivity index (χ4v) is 6.67. The van der Waals surface area contributed by atoms with Crippen molar-refractivity contribution in [3.05, 3.63) is 55.6 Å². The maximum atomic E-state index is 14.9. The van der Waals surface area contributed by atoms with Crippen LogP contribution in [-0.4, -0.2) is 119 Å². The Balaban J connectivity index is 2.39. The Kier molecular flexibility index (Phi) is 17.1. The van der Waals surface area contributed by atoms with Crippen molar-refractivity contribution in [3.8, 4) is 23.7 Å². The maximum Gasteiger partial charge on any atom is 0.460 e. The van der Waals surface area contributed by atoms with Crippen molar-refractivity contribution in [2.45, 2.75) is 119 Å². The van der Waals surface area contributed by atoms with Gasteiger partial charge in [0.15, 0.2) is 0 Å². The summed E-state index contributed by atoms with van der Waals surface area (Å²) in [6, 6.07) is 2.89. The molecule has 0 atom stereocenters. The van der Waals surface area contributed by atoms with Crippen molar-refractivity contribution in [1.29, 1.82) is 0 Å². The highest BCUT2D eigenvalue weighted by molar-refractivity contribution is 14.1. The van der Waals surface area contributed by atoms with Crippen LogP contribution in [0.15, 0.2) is 40.9 Å². The molecule has 0 saturated heterocycles. The van der Waals surface area contributed by atoms with Crippen molar-refractivity contribution in [1.82, 2.24) is 0 Å². The molecule has 0 N–H and O–H groups in total. The highest BCUT2D eigenvalue weighted by atomic mass is 127. The summed E-state index contributed by atoms with van der Waals surface area (Å²) in [4.78, 5) is 0. The van der Waals surface area contributed by atoms with E-state index in [9.17, 15) is 184 Å². The number of benzene rings is 3. The minimum Gasteiger partial charge on any atom is -0.192 e. The molecule has 0 radical (unpaired) electrons. The van der Waals surface area contributed by atoms with E-state index in [0.717, 1.165) is 12.1 Å². The van der Waals surface area contributed by atoms with Gasteiger partial charge in [-0.1, -0.05) is 11.8 Å². The van der Waals surface area contributed by atoms with Crippen LogP contribution in [0.1, 0.15) is 11.1 Å². The third-order valence-electron chi connectivity index (χ3n) is 10.7. The predicted molar refractivity (Wildman–Crippen MR) is 197 cm³/mol. The zero-order valence-electron chi connectivity index (χ0n) is 36.1. The third kappa shape index (κ3) is 9.57. The van der Waals surface area contributed by atoms with Crippen LogP contribution in [0.2, 0.25) is 0 Å². The molecule has 3 aromatic carbocycles. The summed E-state index contributed by atoms with van der Waals surface area (Å²) in [5.41, 5.74) is -4.58. The molecule has 0 aliphatic heterocycles. The minimum atomic E-state index is -9.71. The lowest BCUT2D eigenvalue weighted by molar-refractivity contribution is -0.472. The smallest absolute Gasteiger partial charge is 0.192 e. The molecule has 0 aliphatic carbocycles. The second kappa shape index (κ2) is 19.5. The SMILES string of the molecule is FC(F)(F)C(F)(F)C(F)(F)C(F)(F)C(F)(F)C(F)(F)C(F)(F)C(F)(F)C(F)(F)C(F)(F)C#Cc1cc2cc3cc(Br)c(I)cc3cc2cc1C#CC(F)(F)C(F)(F)C(F)(F)C(F)(F)C(F)(F)C(F)(F)C(F)(F)C(F)(F)C(F)(F)C(F)(F)F. The molecule has 0 heterocycles. The van der Waals surface area contributed by atoms with Crippen molar-refractivity contribution < 1.29 is 184 Å². The Morgan fingerprint density at radius 3 is 0.646 bits per heavy atom. The Bertz CT molecular complexity index is 2870. The van der Waals surface area contributed by atoms with Crippen molar-refractivity contribution in [2.75, 3.05) is 0 Å². The van der Waals surface area contributed by atoms with Gasteiger partial charge in [-0.25, -0.2) is 0 Å². The van der Waals surface area contributed by atoms with Crippen LogP contribution in [0.25, 0.3) is 21.5 Å². The monoisotopic (exact) mass is 1470 g/mol. The first-order valence-electron chi connectivity index (χ1n) is 18.8. The average Bonchev–Trinajstić information content (AvgIpc) is 3.28. The largest absolute Gasteiger partial charge is 0.460 e. The van der Waals surface area contributed by atoms with Crippen molar-refractivity contribution >= 4 is 60.1 Å². The van der Waals surface area contributed by atoms with Crippen LogP contribution in [0.5, 0.6) is 0 Å². The number of hydrogen-bond acceptors (Lipinski definition) is 0. The van der Waals surface area contributed by atoms with Gasteiger partial charge < -0.3 is 0 Å². The van der Waals surface area contributed by atoms with E-state index in [4.69, 9.17) is 0 Å². The van der Waals surface area contributed by atoms with E-state index in [0.29, 0.717) is 12.1 Å². The number of alkyl halides is 42. The van der Waals surface area contributed by atoms with Crippen LogP contribution in [0, 0.1) is 27.3 Å². The first kappa shape index (κ1) is 71.8. The summed E-state index contributed by atoms with van der Waals surface area (Å²) >= 11 is 4.40. The molecule has 0 amide bonds. The van der Waals surface area contributed by atoms with Crippen molar-refractivity contribution in [2.24, 2.45) is 0 Å². The third-order valence-corrected chi connectivity index (χ3v) is 13.0. The lowest BCUT2D eigenvalue weighted by atomic mass is 9.86. The Labute approximate surface area is 442 Å². The lowest BCUT2D eigenvalue weighted by Gasteiger charge is -2.44. The molecule has 3 rings (SSSR count). The number of halogens is 44. The predicted octanol–water partition coefficient (Wildman–Crippen LogP) is 18.6. The highest BCUT2D eigenvalue weighted by Crippen LogP contribution is 2.68. The lowest BCUT2D eigenvalue weighted by Crippen LogP contribution is -2.76. The van der Waals surface area contributed by atoms with E-state index in [1.54, 1.807) is 0 Å². The Morgan fingerprint density at radius 1 is 0.244 bits per heavy atom. The van der Waals surface area contributed by atoms with Gasteiger partial charge in [-0.15, -0.1) is 0 Å². The van der Waals surface area contributed by atoms with E-state index >= 15 is 0 Å². The molecule has 0 spiro atoms. The molecule has 0 bridgehead atoms. The highest BCUT2D eigenvalue weighted by Gasteiger charge is 3.00. The maximum absolute atomic E-state index is 14.9. The molecule has 0 aromatic heterocycles. The van der Waals surface area contributed by atoms with Gasteiger partial charge in [0, 0.05) is 19.2 Å². The second-order valence-electron chi connectivity index (χ2n) is 16.0. The summed E-state index contributed by atoms with van der Waals surface area (Å²) in [7, 11) is 0. The van der Waals surface area contributed by atoms with Gasteiger partial charge in [0.2, 0.25) is 0 Å². The summed E-state index contributed by atoms with van der Waals surface area (Å²) < 4.78 is 584. The Hall–Kier alpha value is -4.43. The van der Waals surface area contributed by atoms with Crippen LogP contribution in [0.4, 0.5) is 184 Å². The van der Waals surface area contributed by atoms with Gasteiger partial charge in [0.1, 0.15) is 0 Å². The number of hydrogen-bond donors (Lipinski definition) is 0. The molecule has 0 nitrogen and oxygen atoms in total. The standard InChI is InChI=1S/C38H6BrF42I/c39-17-9-15-7-13-5-11(1-3-19(40,41)21(44,45)23(48,49)25(52,53)27(56,57)29(60,61)31(64,65)33(68,69)35(72,73)37(76,77)78)12(6-14(13)8-16(15)10-18(17)82)2-4-20(42,43)22(46,47)24(50,51)26(54,55)28(58,59)30(62,63)32(66,67)34(70,71)36(74,75)38(79,80)81/h5-10H. The van der Waals surface area contributed by atoms with Gasteiger partial charge in [0.25, 0.3) is 0 Å². The first-order valence-corrected chi connectivity index (χ1v) is 20.7. The fraction of sp³-hybridized carbons (Fsp3) is 0.526. The van der Waals surface area contributed by atoms with E-state index in [1.807, 2.05) is 0 Å². The number of fused-ring (bicyclic) bond motifs is 2. The molecule has 3 aromatic rings. The quantitative estimate of drug-likeness (QED) is 0.0580. The Morgan fingerprint density at radius 2 is 0.427 bits per heavy atom. The van der Waals surface area contributed by atoms with Gasteiger partial charge >= 0.3 is 119 Å². The average molecular weight is 1470 g/mol. The molecule has 0 aliphatic rings. The van der Waals surface area contributed by atoms with E-state index in [2.05, 4.69) is 15.9 Å². The fourth-order valence-electron chi connectivity index (χ4n) is 5.82. The zero-order valence-corrected chi connectivity index (χ0v) is 39.8. The van der Waals surface area contributed by atoms with E-state index in [-0.39, 0.29) is 42.8 Å². The summed E-state index contributed by atoms with van der Waals surface area (Å²) in [6.07, 6.45) is -16.7. The van der Waals surface area contributed by atoms with Crippen LogP contribution >= 0.6 is 38.5 Å². The minimum absolute atomic E-state index is 0.0451. The van der Waals surface area contributed by atoms with E-state index in [1.165, 1.54) is 22.6 Å². The molecule has 0 unspecified atom stereocenters. The van der Waals surface area contributed by atoms with Crippen LogP contribution in [-0.2, 0) is 0 Å². The molecular weight excluding hydrogens is 1460 g/mol. The number of rotatable bonds is 16. The topological polar surface area (TPSA) is 0 Å². The zero-order chi connectivity index (χ0) is 65.7.